The lowest BCUT2D eigenvalue weighted by molar-refractivity contribution is -0.118. The number of carbonyl (C=O) groups is 1. The van der Waals surface area contributed by atoms with Gasteiger partial charge in [-0.05, 0) is 78.9 Å². The molecule has 216 valence electrons. The molecule has 8 heteroatoms. The van der Waals surface area contributed by atoms with Crippen LogP contribution in [0.3, 0.4) is 0 Å². The Morgan fingerprint density at radius 2 is 1.81 bits per heavy atom. The van der Waals surface area contributed by atoms with Crippen LogP contribution in [0.1, 0.15) is 54.1 Å². The highest BCUT2D eigenvalue weighted by atomic mass is 16.5. The van der Waals surface area contributed by atoms with Crippen molar-refractivity contribution < 1.29 is 19.0 Å². The van der Waals surface area contributed by atoms with Crippen LogP contribution in [0, 0.1) is 0 Å². The molecule has 1 spiro atoms. The minimum atomic E-state index is -0.574. The molecule has 2 N–H and O–H groups in total. The van der Waals surface area contributed by atoms with Crippen LogP contribution < -0.4 is 14.8 Å². The summed E-state index contributed by atoms with van der Waals surface area (Å²) in [5, 5.41) is 11.8. The Morgan fingerprint density at radius 1 is 1.02 bits per heavy atom. The van der Waals surface area contributed by atoms with Crippen molar-refractivity contribution in [1.29, 1.82) is 0 Å². The van der Waals surface area contributed by atoms with Gasteiger partial charge in [0.25, 0.3) is 0 Å². The number of amides is 1. The molecule has 3 heterocycles. The van der Waals surface area contributed by atoms with Gasteiger partial charge in [-0.3, -0.25) is 14.8 Å². The summed E-state index contributed by atoms with van der Waals surface area (Å²) in [6, 6.07) is 18.6. The number of aromatic nitrogens is 2. The minimum absolute atomic E-state index is 0.0446. The second-order valence-corrected chi connectivity index (χ2v) is 11.9. The number of H-pyrrole nitrogens is 1. The molecule has 2 fully saturated rings. The number of hydrogen-bond acceptors (Lipinski definition) is 6. The van der Waals surface area contributed by atoms with Crippen LogP contribution in [-0.2, 0) is 21.5 Å². The number of benzene rings is 3. The first-order chi connectivity index (χ1) is 20.4. The molecule has 3 aliphatic rings. The predicted molar refractivity (Wildman–Crippen MR) is 164 cm³/mol. The minimum Gasteiger partial charge on any atom is -0.497 e. The van der Waals surface area contributed by atoms with Gasteiger partial charge in [0.2, 0.25) is 5.91 Å². The lowest BCUT2D eigenvalue weighted by atomic mass is 9.91. The Bertz CT molecular complexity index is 1680. The molecule has 0 radical (unpaired) electrons. The van der Waals surface area contributed by atoms with Crippen molar-refractivity contribution in [1.82, 2.24) is 15.1 Å². The second kappa shape index (κ2) is 10.3. The van der Waals surface area contributed by atoms with Gasteiger partial charge in [0, 0.05) is 31.2 Å². The quantitative estimate of drug-likeness (QED) is 0.298. The molecule has 1 aliphatic carbocycles. The topological polar surface area (TPSA) is 88.7 Å². The van der Waals surface area contributed by atoms with E-state index in [1.165, 1.54) is 5.56 Å². The van der Waals surface area contributed by atoms with Crippen molar-refractivity contribution in [3.05, 3.63) is 82.5 Å². The number of aromatic amines is 1. The average molecular weight is 565 g/mol. The van der Waals surface area contributed by atoms with Crippen LogP contribution in [-0.4, -0.2) is 60.5 Å². The fourth-order valence-electron chi connectivity index (χ4n) is 6.93. The maximum absolute atomic E-state index is 13.2. The molecule has 1 amide bonds. The molecule has 0 bridgehead atoms. The molecule has 4 aromatic rings. The molecule has 3 aromatic carbocycles. The number of hydrogen-bond donors (Lipinski definition) is 2. The predicted octanol–water partition coefficient (Wildman–Crippen LogP) is 5.74. The number of anilines is 1. The Labute approximate surface area is 245 Å². The third kappa shape index (κ3) is 4.55. The molecule has 1 saturated carbocycles. The fourth-order valence-corrected chi connectivity index (χ4v) is 6.93. The van der Waals surface area contributed by atoms with E-state index in [2.05, 4.69) is 76.7 Å². The molecule has 1 saturated heterocycles. The van der Waals surface area contributed by atoms with Crippen molar-refractivity contribution >= 4 is 34.6 Å². The van der Waals surface area contributed by atoms with E-state index >= 15 is 0 Å². The standard InChI is InChI=1S/C34H36N4O4/c1-20-17-38(18-21(2)42-20)19-23-7-5-22(6-8-23)9-11-29-32-30(37-36-29)13-24(14-31(32)41-4)27-16-34(27)26-15-25(40-3)10-12-28(26)35-33(34)39/h5-15,20-21,27H,16-19H2,1-4H3,(H,35,39)(H,36,37)/b11-9+/t20-,21+,27-,34-/m0/s1. The van der Waals surface area contributed by atoms with E-state index in [-0.39, 0.29) is 24.0 Å². The van der Waals surface area contributed by atoms with Gasteiger partial charge in [-0.15, -0.1) is 0 Å². The number of nitrogens with zero attached hydrogens (tertiary/aromatic N) is 2. The molecule has 2 aliphatic heterocycles. The Morgan fingerprint density at radius 3 is 2.55 bits per heavy atom. The van der Waals surface area contributed by atoms with Gasteiger partial charge in [-0.1, -0.05) is 30.3 Å². The van der Waals surface area contributed by atoms with E-state index < -0.39 is 5.41 Å². The molecular formula is C34H36N4O4. The number of carbonyl (C=O) groups excluding carboxylic acids is 1. The molecule has 7 rings (SSSR count). The number of rotatable bonds is 7. The summed E-state index contributed by atoms with van der Waals surface area (Å²) < 4.78 is 17.2. The Balaban J connectivity index is 1.11. The monoisotopic (exact) mass is 564 g/mol. The van der Waals surface area contributed by atoms with Gasteiger partial charge in [0.05, 0.1) is 48.4 Å². The van der Waals surface area contributed by atoms with Gasteiger partial charge in [0.15, 0.2) is 0 Å². The third-order valence-electron chi connectivity index (χ3n) is 8.94. The fraction of sp³-hybridized carbons (Fsp3) is 0.353. The highest BCUT2D eigenvalue weighted by Crippen LogP contribution is 2.65. The zero-order valence-corrected chi connectivity index (χ0v) is 24.4. The van der Waals surface area contributed by atoms with Crippen LogP contribution in [0.5, 0.6) is 11.5 Å². The molecule has 8 nitrogen and oxygen atoms in total. The molecular weight excluding hydrogens is 528 g/mol. The van der Waals surface area contributed by atoms with E-state index in [9.17, 15) is 4.79 Å². The first-order valence-electron chi connectivity index (χ1n) is 14.6. The molecule has 42 heavy (non-hydrogen) atoms. The summed E-state index contributed by atoms with van der Waals surface area (Å²) in [6.45, 7) is 7.11. The van der Waals surface area contributed by atoms with Crippen LogP contribution in [0.4, 0.5) is 5.69 Å². The largest absolute Gasteiger partial charge is 0.497 e. The lowest BCUT2D eigenvalue weighted by Crippen LogP contribution is -2.44. The van der Waals surface area contributed by atoms with Crippen LogP contribution in [0.15, 0.2) is 54.6 Å². The smallest absolute Gasteiger partial charge is 0.235 e. The third-order valence-corrected chi connectivity index (χ3v) is 8.94. The Hall–Kier alpha value is -4.14. The zero-order valence-electron chi connectivity index (χ0n) is 24.4. The average Bonchev–Trinajstić information content (AvgIpc) is 3.52. The number of ether oxygens (including phenoxy) is 3. The van der Waals surface area contributed by atoms with Gasteiger partial charge < -0.3 is 19.5 Å². The first kappa shape index (κ1) is 26.7. The second-order valence-electron chi connectivity index (χ2n) is 11.9. The number of fused-ring (bicyclic) bond motifs is 3. The maximum atomic E-state index is 13.2. The van der Waals surface area contributed by atoms with Crippen molar-refractivity contribution in [2.45, 2.75) is 50.4 Å². The van der Waals surface area contributed by atoms with Gasteiger partial charge in [-0.25, -0.2) is 0 Å². The van der Waals surface area contributed by atoms with Crippen LogP contribution in [0.25, 0.3) is 23.1 Å². The number of nitrogens with one attached hydrogen (secondary N) is 2. The molecule has 4 atom stereocenters. The van der Waals surface area contributed by atoms with Crippen LogP contribution >= 0.6 is 0 Å². The molecule has 1 aromatic heterocycles. The Kier molecular flexibility index (Phi) is 6.55. The summed E-state index contributed by atoms with van der Waals surface area (Å²) in [5.41, 5.74) is 6.46. The summed E-state index contributed by atoms with van der Waals surface area (Å²) in [4.78, 5) is 15.6. The van der Waals surface area contributed by atoms with E-state index in [1.807, 2.05) is 24.3 Å². The highest BCUT2D eigenvalue weighted by molar-refractivity contribution is 6.10. The van der Waals surface area contributed by atoms with Gasteiger partial charge >= 0.3 is 0 Å². The zero-order chi connectivity index (χ0) is 29.0. The summed E-state index contributed by atoms with van der Waals surface area (Å²) in [5.74, 6) is 1.59. The summed E-state index contributed by atoms with van der Waals surface area (Å²) in [6.07, 6.45) is 5.37. The van der Waals surface area contributed by atoms with Crippen molar-refractivity contribution in [3.63, 3.8) is 0 Å². The van der Waals surface area contributed by atoms with Crippen molar-refractivity contribution in [3.8, 4) is 11.5 Å². The number of methoxy groups -OCH3 is 2. The van der Waals surface area contributed by atoms with Gasteiger partial charge in [-0.2, -0.15) is 5.10 Å². The van der Waals surface area contributed by atoms with Crippen LogP contribution in [0.2, 0.25) is 0 Å². The van der Waals surface area contributed by atoms with E-state index in [1.54, 1.807) is 14.2 Å². The summed E-state index contributed by atoms with van der Waals surface area (Å²) >= 11 is 0. The SMILES string of the molecule is COc1ccc2c(c1)[C@]1(C[C@H]1c1cc(OC)c3c(/C=C/c4ccc(CN5C[C@@H](C)O[C@@H](C)C5)cc4)n[nH]c3c1)C(=O)N2. The highest BCUT2D eigenvalue weighted by Gasteiger charge is 2.65. The summed E-state index contributed by atoms with van der Waals surface area (Å²) in [7, 11) is 3.33. The maximum Gasteiger partial charge on any atom is 0.235 e. The lowest BCUT2D eigenvalue weighted by Gasteiger charge is -2.35. The first-order valence-corrected chi connectivity index (χ1v) is 14.6. The van der Waals surface area contributed by atoms with E-state index in [0.29, 0.717) is 0 Å². The molecule has 0 unspecified atom stereocenters. The van der Waals surface area contributed by atoms with E-state index in [0.717, 1.165) is 76.5 Å². The van der Waals surface area contributed by atoms with E-state index in [4.69, 9.17) is 14.2 Å². The van der Waals surface area contributed by atoms with Crippen molar-refractivity contribution in [2.75, 3.05) is 32.6 Å². The number of morpholine rings is 1. The van der Waals surface area contributed by atoms with Gasteiger partial charge in [0.1, 0.15) is 11.5 Å². The van der Waals surface area contributed by atoms with Crippen molar-refractivity contribution in [2.24, 2.45) is 0 Å². The normalized spacial score (nSPS) is 25.2.